The number of anilines is 1. The number of ether oxygens (including phenoxy) is 1. The molecule has 0 radical (unpaired) electrons. The molecule has 2 rings (SSSR count). The van der Waals surface area contributed by atoms with Gasteiger partial charge in [-0.05, 0) is 30.5 Å². The molecule has 0 saturated heterocycles. The Morgan fingerprint density at radius 2 is 1.91 bits per heavy atom. The summed E-state index contributed by atoms with van der Waals surface area (Å²) in [5.41, 5.74) is 1.68. The van der Waals surface area contributed by atoms with E-state index in [1.165, 1.54) is 11.8 Å². The zero-order valence-corrected chi connectivity index (χ0v) is 13.6. The average molecular weight is 326 g/mol. The Hall–Kier alpha value is -2.65. The predicted molar refractivity (Wildman–Crippen MR) is 96.2 cm³/mol. The summed E-state index contributed by atoms with van der Waals surface area (Å²) in [6.45, 7) is 1.20. The molecule has 0 aliphatic carbocycles. The van der Waals surface area contributed by atoms with Gasteiger partial charge in [-0.25, -0.2) is 4.99 Å². The van der Waals surface area contributed by atoms with Gasteiger partial charge in [-0.3, -0.25) is 5.32 Å². The molecule has 23 heavy (non-hydrogen) atoms. The summed E-state index contributed by atoms with van der Waals surface area (Å²) >= 11 is 1.39. The maximum absolute atomic E-state index is 8.71. The number of benzene rings is 2. The number of nitriles is 1. The second-order valence-corrected chi connectivity index (χ2v) is 5.26. The van der Waals surface area contributed by atoms with E-state index < -0.39 is 0 Å². The van der Waals surface area contributed by atoms with E-state index in [1.54, 1.807) is 0 Å². The van der Waals surface area contributed by atoms with Crippen LogP contribution in [0.5, 0.6) is 5.75 Å². The number of hydrogen-bond donors (Lipinski definition) is 2. The van der Waals surface area contributed by atoms with Crippen LogP contribution in [0.2, 0.25) is 0 Å². The van der Waals surface area contributed by atoms with Crippen LogP contribution < -0.4 is 15.4 Å². The molecule has 0 atom stereocenters. The molecule has 0 aliphatic heterocycles. The van der Waals surface area contributed by atoms with Gasteiger partial charge in [0.15, 0.2) is 11.4 Å². The average Bonchev–Trinajstić information content (AvgIpc) is 2.60. The minimum absolute atomic E-state index is 0.549. The van der Waals surface area contributed by atoms with Crippen LogP contribution in [0.25, 0.3) is 0 Å². The maximum atomic E-state index is 8.71. The SMILES string of the molecule is CSC(=Nc1ccccc1NCCOc1ccccc1)NC#N. The summed E-state index contributed by atoms with van der Waals surface area (Å²) in [6.07, 6.45) is 3.75. The van der Waals surface area contributed by atoms with E-state index in [9.17, 15) is 0 Å². The molecule has 0 aliphatic rings. The molecule has 0 aromatic heterocycles. The van der Waals surface area contributed by atoms with E-state index in [-0.39, 0.29) is 0 Å². The third kappa shape index (κ3) is 5.57. The largest absolute Gasteiger partial charge is 0.492 e. The van der Waals surface area contributed by atoms with Crippen molar-refractivity contribution in [1.29, 1.82) is 5.26 Å². The first-order chi connectivity index (χ1) is 11.3. The molecule has 0 amide bonds. The fourth-order valence-corrected chi connectivity index (χ4v) is 2.21. The van der Waals surface area contributed by atoms with E-state index in [0.29, 0.717) is 18.3 Å². The van der Waals surface area contributed by atoms with Crippen LogP contribution >= 0.6 is 11.8 Å². The quantitative estimate of drug-likeness (QED) is 0.279. The summed E-state index contributed by atoms with van der Waals surface area (Å²) in [5, 5.41) is 15.1. The zero-order valence-electron chi connectivity index (χ0n) is 12.8. The molecule has 2 aromatic carbocycles. The number of hydrogen-bond acceptors (Lipinski definition) is 5. The normalized spacial score (nSPS) is 10.7. The Morgan fingerprint density at radius 1 is 1.17 bits per heavy atom. The lowest BCUT2D eigenvalue weighted by Gasteiger charge is -2.11. The molecule has 0 heterocycles. The third-order valence-electron chi connectivity index (χ3n) is 2.91. The summed E-state index contributed by atoms with van der Waals surface area (Å²) < 4.78 is 5.65. The Kier molecular flexibility index (Phi) is 6.82. The number of rotatable bonds is 6. The molecule has 0 unspecified atom stereocenters. The van der Waals surface area contributed by atoms with Crippen LogP contribution in [0, 0.1) is 11.5 Å². The van der Waals surface area contributed by atoms with E-state index in [2.05, 4.69) is 15.6 Å². The monoisotopic (exact) mass is 326 g/mol. The van der Waals surface area contributed by atoms with E-state index >= 15 is 0 Å². The Bertz CT molecular complexity index is 682. The van der Waals surface area contributed by atoms with Crippen molar-refractivity contribution in [3.8, 4) is 11.9 Å². The molecule has 0 spiro atoms. The number of nitrogens with one attached hydrogen (secondary N) is 2. The van der Waals surface area contributed by atoms with Gasteiger partial charge in [-0.15, -0.1) is 0 Å². The summed E-state index contributed by atoms with van der Waals surface area (Å²) in [5.74, 6) is 0.850. The molecule has 118 valence electrons. The van der Waals surface area contributed by atoms with Gasteiger partial charge in [0.2, 0.25) is 0 Å². The smallest absolute Gasteiger partial charge is 0.183 e. The lowest BCUT2D eigenvalue weighted by Crippen LogP contribution is -2.13. The molecule has 0 bridgehead atoms. The molecule has 5 nitrogen and oxygen atoms in total. The summed E-state index contributed by atoms with van der Waals surface area (Å²) in [7, 11) is 0. The summed E-state index contributed by atoms with van der Waals surface area (Å²) in [6, 6.07) is 17.4. The van der Waals surface area contributed by atoms with Gasteiger partial charge in [-0.1, -0.05) is 42.1 Å². The number of para-hydroxylation sites is 3. The van der Waals surface area contributed by atoms with Crippen molar-refractivity contribution in [2.45, 2.75) is 0 Å². The van der Waals surface area contributed by atoms with Crippen LogP contribution in [0.1, 0.15) is 0 Å². The van der Waals surface area contributed by atoms with Gasteiger partial charge >= 0.3 is 0 Å². The van der Waals surface area contributed by atoms with Gasteiger partial charge in [0, 0.05) is 6.54 Å². The highest BCUT2D eigenvalue weighted by Gasteiger charge is 2.02. The first kappa shape index (κ1) is 16.7. The van der Waals surface area contributed by atoms with Crippen LogP contribution in [0.4, 0.5) is 11.4 Å². The van der Waals surface area contributed by atoms with Crippen molar-refractivity contribution in [2.24, 2.45) is 4.99 Å². The molecular weight excluding hydrogens is 308 g/mol. The van der Waals surface area contributed by atoms with Crippen molar-refractivity contribution in [2.75, 3.05) is 24.7 Å². The minimum atomic E-state index is 0.549. The Labute approximate surface area is 140 Å². The van der Waals surface area contributed by atoms with Crippen molar-refractivity contribution in [1.82, 2.24) is 5.32 Å². The van der Waals surface area contributed by atoms with E-state index in [1.807, 2.05) is 67.0 Å². The number of nitrogens with zero attached hydrogens (tertiary/aromatic N) is 2. The van der Waals surface area contributed by atoms with Crippen LogP contribution in [0.3, 0.4) is 0 Å². The van der Waals surface area contributed by atoms with Gasteiger partial charge in [0.1, 0.15) is 12.4 Å². The zero-order chi connectivity index (χ0) is 16.3. The molecule has 2 N–H and O–H groups in total. The lowest BCUT2D eigenvalue weighted by molar-refractivity contribution is 0.333. The van der Waals surface area contributed by atoms with Crippen molar-refractivity contribution in [3.63, 3.8) is 0 Å². The molecular formula is C17H18N4OS. The van der Waals surface area contributed by atoms with Crippen molar-refractivity contribution < 1.29 is 4.74 Å². The van der Waals surface area contributed by atoms with Gasteiger partial charge in [0.05, 0.1) is 11.4 Å². The second-order valence-electron chi connectivity index (χ2n) is 4.46. The third-order valence-corrected chi connectivity index (χ3v) is 3.49. The molecule has 2 aromatic rings. The van der Waals surface area contributed by atoms with Crippen LogP contribution in [0.15, 0.2) is 59.6 Å². The molecule has 0 saturated carbocycles. The number of thioether (sulfide) groups is 1. The van der Waals surface area contributed by atoms with Crippen molar-refractivity contribution >= 4 is 28.3 Å². The standard InChI is InChI=1S/C17H18N4OS/c1-23-17(20-13-18)21-16-10-6-5-9-15(16)19-11-12-22-14-7-3-2-4-8-14/h2-10,19H,11-12H2,1H3,(H,20,21). The van der Waals surface area contributed by atoms with Gasteiger partial charge < -0.3 is 10.1 Å². The highest BCUT2D eigenvalue weighted by molar-refractivity contribution is 8.13. The minimum Gasteiger partial charge on any atom is -0.492 e. The van der Waals surface area contributed by atoms with Gasteiger partial charge in [-0.2, -0.15) is 5.26 Å². The lowest BCUT2D eigenvalue weighted by atomic mass is 10.2. The van der Waals surface area contributed by atoms with Crippen LogP contribution in [-0.4, -0.2) is 24.6 Å². The maximum Gasteiger partial charge on any atom is 0.183 e. The molecule has 6 heteroatoms. The van der Waals surface area contributed by atoms with Gasteiger partial charge in [0.25, 0.3) is 0 Å². The predicted octanol–water partition coefficient (Wildman–Crippen LogP) is 3.60. The fraction of sp³-hybridized carbons (Fsp3) is 0.176. The number of amidine groups is 1. The fourth-order valence-electron chi connectivity index (χ4n) is 1.87. The summed E-state index contributed by atoms with van der Waals surface area (Å²) in [4.78, 5) is 4.45. The highest BCUT2D eigenvalue weighted by Crippen LogP contribution is 2.25. The first-order valence-corrected chi connectivity index (χ1v) is 8.34. The molecule has 0 fully saturated rings. The first-order valence-electron chi connectivity index (χ1n) is 7.12. The Morgan fingerprint density at radius 3 is 2.65 bits per heavy atom. The van der Waals surface area contributed by atoms with Crippen LogP contribution in [-0.2, 0) is 0 Å². The Balaban J connectivity index is 1.94. The van der Waals surface area contributed by atoms with E-state index in [0.717, 1.165) is 17.1 Å². The number of aliphatic imine (C=N–C) groups is 1. The second kappa shape index (κ2) is 9.38. The van der Waals surface area contributed by atoms with Crippen molar-refractivity contribution in [3.05, 3.63) is 54.6 Å². The highest BCUT2D eigenvalue weighted by atomic mass is 32.2. The van der Waals surface area contributed by atoms with E-state index in [4.69, 9.17) is 10.00 Å². The topological polar surface area (TPSA) is 69.4 Å².